The zero-order chi connectivity index (χ0) is 8.59. The van der Waals surface area contributed by atoms with Crippen molar-refractivity contribution >= 4 is 38.5 Å². The van der Waals surface area contributed by atoms with Crippen LogP contribution in [-0.2, 0) is 0 Å². The lowest BCUT2D eigenvalue weighted by Crippen LogP contribution is -1.66. The number of rotatable bonds is 0. The molecule has 1 aromatic carbocycles. The molecule has 1 rings (SSSR count). The van der Waals surface area contributed by atoms with Crippen molar-refractivity contribution in [1.82, 2.24) is 0 Å². The lowest BCUT2D eigenvalue weighted by Gasteiger charge is -1.87. The van der Waals surface area contributed by atoms with Crippen molar-refractivity contribution in [2.75, 3.05) is 0 Å². The zero-order valence-corrected chi connectivity index (χ0v) is 7.58. The summed E-state index contributed by atoms with van der Waals surface area (Å²) in [4.78, 5) is 0. The van der Waals surface area contributed by atoms with Crippen LogP contribution in [-0.4, -0.2) is 0 Å². The van der Waals surface area contributed by atoms with E-state index in [2.05, 4.69) is 15.9 Å². The standard InChI is InChI=1S/C6H4BrI/c7-5-2-1-3-6(8)4-5/h1-4H/i1D,2D,4D. The van der Waals surface area contributed by atoms with Gasteiger partial charge in [0.1, 0.15) is 0 Å². The van der Waals surface area contributed by atoms with Crippen LogP contribution in [0.1, 0.15) is 4.11 Å². The maximum absolute atomic E-state index is 7.42. The van der Waals surface area contributed by atoms with Crippen molar-refractivity contribution in [3.63, 3.8) is 0 Å². The lowest BCUT2D eigenvalue weighted by atomic mass is 10.4. The number of hydrogen-bond acceptors (Lipinski definition) is 0. The minimum atomic E-state index is 0.0791. The molecule has 0 amide bonds. The van der Waals surface area contributed by atoms with E-state index < -0.39 is 0 Å². The van der Waals surface area contributed by atoms with Gasteiger partial charge in [0.25, 0.3) is 0 Å². The summed E-state index contributed by atoms with van der Waals surface area (Å²) in [5, 5.41) is 0. The minimum absolute atomic E-state index is 0.0791. The molecule has 0 fully saturated rings. The molecule has 42 valence electrons. The summed E-state index contributed by atoms with van der Waals surface area (Å²) < 4.78 is 23.1. The molecular formula is C6H4BrI. The Labute approximate surface area is 74.8 Å². The van der Waals surface area contributed by atoms with Crippen LogP contribution in [0.3, 0.4) is 0 Å². The van der Waals surface area contributed by atoms with Crippen LogP contribution >= 0.6 is 38.5 Å². The molecule has 0 saturated carbocycles. The van der Waals surface area contributed by atoms with Gasteiger partial charge in [-0.15, -0.1) is 0 Å². The predicted molar refractivity (Wildman–Crippen MR) is 46.9 cm³/mol. The largest absolute Gasteiger partial charge is 0.0646 e. The molecule has 0 aliphatic rings. The molecule has 0 atom stereocenters. The highest BCUT2D eigenvalue weighted by atomic mass is 127. The fourth-order valence-corrected chi connectivity index (χ4v) is 1.46. The second-order valence-electron chi connectivity index (χ2n) is 1.20. The quantitative estimate of drug-likeness (QED) is 0.643. The summed E-state index contributed by atoms with van der Waals surface area (Å²) in [5.74, 6) is 0. The van der Waals surface area contributed by atoms with E-state index in [0.717, 1.165) is 0 Å². The smallest absolute Gasteiger partial charge is 0.0601 e. The Bertz CT molecular complexity index is 274. The Morgan fingerprint density at radius 3 is 3.25 bits per heavy atom. The van der Waals surface area contributed by atoms with E-state index in [4.69, 9.17) is 4.11 Å². The SMILES string of the molecule is [2H]c1cc(I)c([2H])c(Br)c1[2H]. The third kappa shape index (κ3) is 1.74. The van der Waals surface area contributed by atoms with Crippen molar-refractivity contribution < 1.29 is 4.11 Å². The highest BCUT2D eigenvalue weighted by Crippen LogP contribution is 2.12. The fraction of sp³-hybridized carbons (Fsp3) is 0. The van der Waals surface area contributed by atoms with Crippen LogP contribution in [0.5, 0.6) is 0 Å². The van der Waals surface area contributed by atoms with E-state index in [-0.39, 0.29) is 18.1 Å². The topological polar surface area (TPSA) is 0 Å². The molecule has 0 aliphatic heterocycles. The third-order valence-electron chi connectivity index (χ3n) is 0.610. The van der Waals surface area contributed by atoms with Gasteiger partial charge in [0.15, 0.2) is 0 Å². The first-order valence-electron chi connectivity index (χ1n) is 3.46. The van der Waals surface area contributed by atoms with Crippen LogP contribution in [0.4, 0.5) is 0 Å². The van der Waals surface area contributed by atoms with Gasteiger partial charge >= 0.3 is 0 Å². The van der Waals surface area contributed by atoms with Gasteiger partial charge in [-0.2, -0.15) is 0 Å². The van der Waals surface area contributed by atoms with E-state index in [9.17, 15) is 0 Å². The molecule has 0 radical (unpaired) electrons. The van der Waals surface area contributed by atoms with Crippen LogP contribution in [0, 0.1) is 3.57 Å². The highest BCUT2D eigenvalue weighted by Gasteiger charge is 1.84. The Morgan fingerprint density at radius 1 is 1.75 bits per heavy atom. The average molecular weight is 286 g/mol. The normalized spacial score (nSPS) is 14.5. The molecule has 0 saturated heterocycles. The highest BCUT2D eigenvalue weighted by molar-refractivity contribution is 14.1. The summed E-state index contributed by atoms with van der Waals surface area (Å²) in [6, 6.07) is 2.02. The van der Waals surface area contributed by atoms with Crippen LogP contribution in [0.2, 0.25) is 0 Å². The second kappa shape index (κ2) is 2.82. The first-order valence-corrected chi connectivity index (χ1v) is 3.83. The van der Waals surface area contributed by atoms with Gasteiger partial charge in [-0.1, -0.05) is 22.0 Å². The van der Waals surface area contributed by atoms with Gasteiger partial charge in [0.2, 0.25) is 0 Å². The van der Waals surface area contributed by atoms with Crippen molar-refractivity contribution in [1.29, 1.82) is 0 Å². The van der Waals surface area contributed by atoms with Crippen molar-refractivity contribution in [2.45, 2.75) is 0 Å². The molecule has 0 heterocycles. The minimum Gasteiger partial charge on any atom is -0.0601 e. The molecule has 8 heavy (non-hydrogen) atoms. The van der Waals surface area contributed by atoms with Crippen molar-refractivity contribution in [2.24, 2.45) is 0 Å². The molecular weight excluding hydrogens is 279 g/mol. The van der Waals surface area contributed by atoms with Crippen LogP contribution < -0.4 is 0 Å². The van der Waals surface area contributed by atoms with Crippen molar-refractivity contribution in [3.8, 4) is 0 Å². The summed E-state index contributed by atoms with van der Waals surface area (Å²) in [6.07, 6.45) is 0. The van der Waals surface area contributed by atoms with Gasteiger partial charge < -0.3 is 0 Å². The Kier molecular flexibility index (Phi) is 1.26. The molecule has 0 aromatic heterocycles. The second-order valence-corrected chi connectivity index (χ2v) is 3.16. The summed E-state index contributed by atoms with van der Waals surface area (Å²) in [6.45, 7) is 0. The van der Waals surface area contributed by atoms with Crippen molar-refractivity contribution in [3.05, 3.63) is 32.2 Å². The first kappa shape index (κ1) is 3.56. The fourth-order valence-electron chi connectivity index (χ4n) is 0.335. The zero-order valence-electron chi connectivity index (χ0n) is 6.83. The first-order chi connectivity index (χ1) is 5.04. The Hall–Kier alpha value is 0.430. The number of hydrogen-bond donors (Lipinski definition) is 0. The maximum atomic E-state index is 7.42. The van der Waals surface area contributed by atoms with E-state index in [1.165, 1.54) is 6.07 Å². The van der Waals surface area contributed by atoms with Crippen LogP contribution in [0.15, 0.2) is 28.7 Å². The number of benzene rings is 1. The van der Waals surface area contributed by atoms with Gasteiger partial charge in [-0.25, -0.2) is 0 Å². The van der Waals surface area contributed by atoms with E-state index in [1.807, 2.05) is 22.6 Å². The third-order valence-corrected chi connectivity index (χ3v) is 1.59. The van der Waals surface area contributed by atoms with E-state index in [1.54, 1.807) is 0 Å². The molecule has 0 unspecified atom stereocenters. The summed E-state index contributed by atoms with van der Waals surface area (Å²) in [5.41, 5.74) is 0. The van der Waals surface area contributed by atoms with Gasteiger partial charge in [0.05, 0.1) is 4.11 Å². The predicted octanol–water partition coefficient (Wildman–Crippen LogP) is 3.05. The van der Waals surface area contributed by atoms with Crippen LogP contribution in [0.25, 0.3) is 0 Å². The summed E-state index contributed by atoms with van der Waals surface area (Å²) in [7, 11) is 0. The summed E-state index contributed by atoms with van der Waals surface area (Å²) >= 11 is 5.05. The molecule has 0 nitrogen and oxygen atoms in total. The van der Waals surface area contributed by atoms with Gasteiger partial charge in [-0.3, -0.25) is 0 Å². The molecule has 1 aromatic rings. The molecule has 2 heteroatoms. The lowest BCUT2D eigenvalue weighted by molar-refractivity contribution is 1.60. The van der Waals surface area contributed by atoms with Gasteiger partial charge in [-0.05, 0) is 40.7 Å². The average Bonchev–Trinajstić information content (AvgIpc) is 1.97. The maximum Gasteiger partial charge on any atom is 0.0646 e. The molecule has 0 aliphatic carbocycles. The van der Waals surface area contributed by atoms with E-state index >= 15 is 0 Å². The van der Waals surface area contributed by atoms with E-state index in [0.29, 0.717) is 8.04 Å². The number of halogens is 2. The molecule has 0 spiro atoms. The Morgan fingerprint density at radius 2 is 2.50 bits per heavy atom. The van der Waals surface area contributed by atoms with Gasteiger partial charge in [0, 0.05) is 8.04 Å². The monoisotopic (exact) mass is 285 g/mol. The molecule has 0 N–H and O–H groups in total. The Balaban J connectivity index is 3.46. The molecule has 0 bridgehead atoms.